The van der Waals surface area contributed by atoms with Gasteiger partial charge in [0, 0.05) is 42.3 Å². The minimum atomic E-state index is -3.79. The van der Waals surface area contributed by atoms with Gasteiger partial charge in [-0.25, -0.2) is 21.1 Å². The van der Waals surface area contributed by atoms with Crippen molar-refractivity contribution in [1.29, 1.82) is 0 Å². The zero-order chi connectivity index (χ0) is 26.5. The third-order valence-corrected chi connectivity index (χ3v) is 10.6. The molecule has 38 heavy (non-hydrogen) atoms. The molecule has 0 saturated carbocycles. The number of carbonyl (C=O) groups excluding carboxylic acids is 1. The molecular formula is C25H29ClN4O6S2. The second-order valence-corrected chi connectivity index (χ2v) is 13.7. The highest BCUT2D eigenvalue weighted by Gasteiger charge is 2.34. The van der Waals surface area contributed by atoms with Crippen LogP contribution in [0.5, 0.6) is 5.75 Å². The van der Waals surface area contributed by atoms with Crippen LogP contribution in [-0.2, 0) is 26.3 Å². The number of sulfonamides is 1. The number of benzene rings is 2. The highest BCUT2D eigenvalue weighted by molar-refractivity contribution is 7.92. The quantitative estimate of drug-likeness (QED) is 0.452. The number of fused-ring (bicyclic) bond motifs is 2. The summed E-state index contributed by atoms with van der Waals surface area (Å²) in [5, 5.41) is 3.05. The second-order valence-electron chi connectivity index (χ2n) is 9.46. The fourth-order valence-electron chi connectivity index (χ4n) is 5.07. The first-order chi connectivity index (χ1) is 17.5. The summed E-state index contributed by atoms with van der Waals surface area (Å²) in [6.45, 7) is 2.61. The van der Waals surface area contributed by atoms with Crippen LogP contribution in [-0.4, -0.2) is 63.2 Å². The number of ether oxygens (including phenoxy) is 1. The number of aryl methyl sites for hydroxylation is 1. The Morgan fingerprint density at radius 3 is 2.53 bits per heavy atom. The summed E-state index contributed by atoms with van der Waals surface area (Å²) >= 11 is 0. The van der Waals surface area contributed by atoms with Gasteiger partial charge in [-0.1, -0.05) is 6.07 Å². The van der Waals surface area contributed by atoms with Gasteiger partial charge < -0.3 is 15.8 Å². The molecule has 10 nitrogen and oxygen atoms in total. The average molecular weight is 581 g/mol. The lowest BCUT2D eigenvalue weighted by molar-refractivity contribution is 0.100. The van der Waals surface area contributed by atoms with Gasteiger partial charge in [0.25, 0.3) is 5.91 Å². The van der Waals surface area contributed by atoms with E-state index >= 15 is 0 Å². The number of sulfone groups is 1. The van der Waals surface area contributed by atoms with Gasteiger partial charge in [-0.3, -0.25) is 9.78 Å². The van der Waals surface area contributed by atoms with Gasteiger partial charge >= 0.3 is 0 Å². The summed E-state index contributed by atoms with van der Waals surface area (Å²) in [5.41, 5.74) is 9.07. The maximum Gasteiger partial charge on any atom is 0.252 e. The summed E-state index contributed by atoms with van der Waals surface area (Å²) < 4.78 is 58.0. The molecule has 1 amide bonds. The molecular weight excluding hydrogens is 552 g/mol. The first-order valence-corrected chi connectivity index (χ1v) is 15.3. The zero-order valence-electron chi connectivity index (χ0n) is 20.9. The number of primary amides is 1. The third kappa shape index (κ3) is 5.05. The number of hydrogen-bond donors (Lipinski definition) is 2. The number of amides is 1. The van der Waals surface area contributed by atoms with E-state index in [1.165, 1.54) is 16.6 Å². The van der Waals surface area contributed by atoms with Crippen LogP contribution in [0.25, 0.3) is 10.9 Å². The van der Waals surface area contributed by atoms with Crippen LogP contribution < -0.4 is 15.8 Å². The lowest BCUT2D eigenvalue weighted by Crippen LogP contribution is -2.42. The van der Waals surface area contributed by atoms with E-state index in [9.17, 15) is 21.6 Å². The van der Waals surface area contributed by atoms with Crippen LogP contribution in [0, 0.1) is 6.92 Å². The largest absolute Gasteiger partial charge is 0.493 e. The van der Waals surface area contributed by atoms with Crippen molar-refractivity contribution in [3.8, 4) is 5.75 Å². The zero-order valence-corrected chi connectivity index (χ0v) is 23.4. The highest BCUT2D eigenvalue weighted by Crippen LogP contribution is 2.38. The molecule has 3 aromatic rings. The lowest BCUT2D eigenvalue weighted by atomic mass is 10.0. The monoisotopic (exact) mass is 580 g/mol. The van der Waals surface area contributed by atoms with E-state index in [1.807, 2.05) is 18.2 Å². The molecule has 1 fully saturated rings. The van der Waals surface area contributed by atoms with Crippen molar-refractivity contribution in [3.63, 3.8) is 0 Å². The second kappa shape index (κ2) is 10.3. The molecule has 2 aliphatic rings. The van der Waals surface area contributed by atoms with E-state index in [0.717, 1.165) is 23.3 Å². The molecule has 2 aliphatic heterocycles. The molecule has 0 atom stereocenters. The molecule has 0 radical (unpaired) electrons. The summed E-state index contributed by atoms with van der Waals surface area (Å²) in [6, 6.07) is 8.69. The van der Waals surface area contributed by atoms with Crippen LogP contribution in [0.4, 0.5) is 11.4 Å². The molecule has 2 aromatic carbocycles. The Balaban J connectivity index is 0.00000336. The Hall–Kier alpha value is -2.93. The smallest absolute Gasteiger partial charge is 0.252 e. The Bertz CT molecular complexity index is 1640. The lowest BCUT2D eigenvalue weighted by Gasteiger charge is -2.30. The minimum Gasteiger partial charge on any atom is -0.493 e. The Morgan fingerprint density at radius 1 is 1.16 bits per heavy atom. The van der Waals surface area contributed by atoms with Crippen LogP contribution in [0.15, 0.2) is 41.4 Å². The average Bonchev–Trinajstić information content (AvgIpc) is 3.33. The van der Waals surface area contributed by atoms with Gasteiger partial charge in [-0.2, -0.15) is 0 Å². The van der Waals surface area contributed by atoms with E-state index < -0.39 is 31.0 Å². The summed E-state index contributed by atoms with van der Waals surface area (Å²) in [7, 11) is -7.17. The van der Waals surface area contributed by atoms with Crippen LogP contribution in [0.2, 0.25) is 0 Å². The first kappa shape index (κ1) is 28.1. The van der Waals surface area contributed by atoms with Crippen molar-refractivity contribution >= 4 is 60.5 Å². The molecule has 204 valence electrons. The SMILES string of the molecule is Cc1cc(S(=O)(=O)C2CCN(S(C)(=O)=O)CC2)cc2c(Nc3cccc4c3CCO4)c(C(N)=O)cnc12.Cl. The summed E-state index contributed by atoms with van der Waals surface area (Å²) in [6.07, 6.45) is 3.62. The number of nitrogens with one attached hydrogen (secondary N) is 1. The van der Waals surface area contributed by atoms with E-state index in [4.69, 9.17) is 10.5 Å². The number of nitrogens with two attached hydrogens (primary N) is 1. The number of hydrogen-bond acceptors (Lipinski definition) is 8. The molecule has 3 heterocycles. The molecule has 5 rings (SSSR count). The maximum absolute atomic E-state index is 13.7. The third-order valence-electron chi connectivity index (χ3n) is 7.04. The number of halogens is 1. The molecule has 1 saturated heterocycles. The number of aromatic nitrogens is 1. The van der Waals surface area contributed by atoms with Gasteiger partial charge in [0.15, 0.2) is 9.84 Å². The molecule has 0 unspecified atom stereocenters. The maximum atomic E-state index is 13.7. The summed E-state index contributed by atoms with van der Waals surface area (Å²) in [4.78, 5) is 16.9. The van der Waals surface area contributed by atoms with Crippen LogP contribution in [0.1, 0.15) is 34.3 Å². The van der Waals surface area contributed by atoms with Crippen molar-refractivity contribution in [2.75, 3.05) is 31.3 Å². The van der Waals surface area contributed by atoms with Crippen molar-refractivity contribution in [2.45, 2.75) is 36.3 Å². The van der Waals surface area contributed by atoms with Crippen molar-refractivity contribution < 1.29 is 26.4 Å². The predicted octanol–water partition coefficient (Wildman–Crippen LogP) is 2.94. The first-order valence-electron chi connectivity index (χ1n) is 11.9. The van der Waals surface area contributed by atoms with E-state index in [2.05, 4.69) is 10.3 Å². The number of pyridine rings is 1. The molecule has 0 aliphatic carbocycles. The minimum absolute atomic E-state index is 0. The number of anilines is 2. The van der Waals surface area contributed by atoms with Crippen LogP contribution >= 0.6 is 12.4 Å². The topological polar surface area (TPSA) is 149 Å². The standard InChI is InChI=1S/C25H28N4O6S2.ClH/c1-15-12-17(37(33,34)16-6-9-29(10-7-16)36(2,31)32)13-19-23(15)27-14-20(25(26)30)24(19)28-21-4-3-5-22-18(21)8-11-35-22;/h3-5,12-14,16H,6-11H2,1-2H3,(H2,26,30)(H,27,28);1H. The molecule has 3 N–H and O–H groups in total. The van der Waals surface area contributed by atoms with Gasteiger partial charge in [-0.05, 0) is 49.6 Å². The summed E-state index contributed by atoms with van der Waals surface area (Å²) in [5.74, 6) is 0.0589. The van der Waals surface area contributed by atoms with E-state index in [1.54, 1.807) is 13.0 Å². The van der Waals surface area contributed by atoms with E-state index in [0.29, 0.717) is 35.2 Å². The fraction of sp³-hybridized carbons (Fsp3) is 0.360. The molecule has 0 spiro atoms. The molecule has 1 aromatic heterocycles. The van der Waals surface area contributed by atoms with Crippen molar-refractivity contribution in [3.05, 3.63) is 53.2 Å². The Morgan fingerprint density at radius 2 is 1.87 bits per heavy atom. The molecule has 13 heteroatoms. The number of nitrogens with zero attached hydrogens (tertiary/aromatic N) is 2. The number of rotatable bonds is 6. The Labute approximate surface area is 227 Å². The number of piperidine rings is 1. The predicted molar refractivity (Wildman–Crippen MR) is 148 cm³/mol. The van der Waals surface area contributed by atoms with Gasteiger partial charge in [0.2, 0.25) is 10.0 Å². The highest BCUT2D eigenvalue weighted by atomic mass is 35.5. The normalized spacial score (nSPS) is 16.5. The number of carbonyl (C=O) groups is 1. The van der Waals surface area contributed by atoms with Gasteiger partial charge in [-0.15, -0.1) is 12.4 Å². The Kier molecular flexibility index (Phi) is 7.63. The van der Waals surface area contributed by atoms with Gasteiger partial charge in [0.1, 0.15) is 5.75 Å². The fourth-order valence-corrected chi connectivity index (χ4v) is 7.79. The van der Waals surface area contributed by atoms with Gasteiger partial charge in [0.05, 0.1) is 39.8 Å². The molecule has 0 bridgehead atoms. The van der Waals surface area contributed by atoms with Crippen LogP contribution in [0.3, 0.4) is 0 Å². The van der Waals surface area contributed by atoms with Crippen molar-refractivity contribution in [1.82, 2.24) is 9.29 Å². The van der Waals surface area contributed by atoms with E-state index in [-0.39, 0.29) is 48.8 Å². The van der Waals surface area contributed by atoms with Crippen molar-refractivity contribution in [2.24, 2.45) is 5.73 Å².